The van der Waals surface area contributed by atoms with Gasteiger partial charge >= 0.3 is 5.97 Å². The van der Waals surface area contributed by atoms with Crippen LogP contribution in [-0.4, -0.2) is 5.97 Å². The SMILES string of the molecule is O=C1C[C@@H]2CC3C=CC=CC3=C2O1. The Morgan fingerprint density at radius 3 is 3.23 bits per heavy atom. The zero-order valence-electron chi connectivity index (χ0n) is 7.19. The van der Waals surface area contributed by atoms with E-state index in [0.717, 1.165) is 12.2 Å². The maximum absolute atomic E-state index is 11.0. The number of carbonyl (C=O) groups is 1. The van der Waals surface area contributed by atoms with E-state index in [2.05, 4.69) is 18.2 Å². The van der Waals surface area contributed by atoms with Gasteiger partial charge in [-0.25, -0.2) is 0 Å². The van der Waals surface area contributed by atoms with Crippen molar-refractivity contribution in [3.8, 4) is 0 Å². The first-order valence-corrected chi connectivity index (χ1v) is 4.64. The van der Waals surface area contributed by atoms with Crippen molar-refractivity contribution in [1.82, 2.24) is 0 Å². The molecule has 0 aromatic heterocycles. The van der Waals surface area contributed by atoms with Crippen LogP contribution in [-0.2, 0) is 9.53 Å². The maximum Gasteiger partial charge on any atom is 0.311 e. The molecule has 13 heavy (non-hydrogen) atoms. The molecule has 2 nitrogen and oxygen atoms in total. The summed E-state index contributed by atoms with van der Waals surface area (Å²) in [5.74, 6) is 1.74. The largest absolute Gasteiger partial charge is 0.430 e. The molecule has 0 amide bonds. The van der Waals surface area contributed by atoms with Crippen LogP contribution in [0.4, 0.5) is 0 Å². The fourth-order valence-corrected chi connectivity index (χ4v) is 2.39. The van der Waals surface area contributed by atoms with E-state index < -0.39 is 0 Å². The van der Waals surface area contributed by atoms with Gasteiger partial charge in [0.25, 0.3) is 0 Å². The van der Waals surface area contributed by atoms with Crippen LogP contribution in [0.2, 0.25) is 0 Å². The number of carbonyl (C=O) groups excluding carboxylic acids is 1. The summed E-state index contributed by atoms with van der Waals surface area (Å²) in [7, 11) is 0. The van der Waals surface area contributed by atoms with Gasteiger partial charge < -0.3 is 4.74 Å². The Balaban J connectivity index is 2.06. The molecule has 0 spiro atoms. The summed E-state index contributed by atoms with van der Waals surface area (Å²) in [6.07, 6.45) is 9.96. The predicted molar refractivity (Wildman–Crippen MR) is 47.6 cm³/mol. The molecule has 3 rings (SSSR count). The second-order valence-electron chi connectivity index (χ2n) is 3.78. The second kappa shape index (κ2) is 2.34. The number of ether oxygens (including phenoxy) is 1. The zero-order chi connectivity index (χ0) is 8.84. The van der Waals surface area contributed by atoms with Crippen molar-refractivity contribution in [3.05, 3.63) is 35.6 Å². The lowest BCUT2D eigenvalue weighted by Crippen LogP contribution is -2.01. The van der Waals surface area contributed by atoms with Crippen molar-refractivity contribution >= 4 is 5.97 Å². The highest BCUT2D eigenvalue weighted by molar-refractivity contribution is 5.75. The molecule has 0 saturated carbocycles. The van der Waals surface area contributed by atoms with E-state index in [0.29, 0.717) is 18.3 Å². The number of allylic oxidation sites excluding steroid dienone is 6. The molecule has 1 heterocycles. The first-order chi connectivity index (χ1) is 6.34. The number of rotatable bonds is 0. The normalized spacial score (nSPS) is 34.9. The molecule has 0 N–H and O–H groups in total. The fraction of sp³-hybridized carbons (Fsp3) is 0.364. The summed E-state index contributed by atoms with van der Waals surface area (Å²) < 4.78 is 5.21. The average Bonchev–Trinajstić information content (AvgIpc) is 2.60. The van der Waals surface area contributed by atoms with Gasteiger partial charge in [-0.15, -0.1) is 0 Å². The summed E-state index contributed by atoms with van der Waals surface area (Å²) in [6, 6.07) is 0. The Kier molecular flexibility index (Phi) is 1.29. The van der Waals surface area contributed by atoms with Crippen molar-refractivity contribution < 1.29 is 9.53 Å². The van der Waals surface area contributed by atoms with Gasteiger partial charge in [0.05, 0.1) is 6.42 Å². The van der Waals surface area contributed by atoms with Gasteiger partial charge in [-0.1, -0.05) is 24.3 Å². The van der Waals surface area contributed by atoms with E-state index in [1.165, 1.54) is 5.57 Å². The molecular weight excluding hydrogens is 164 g/mol. The van der Waals surface area contributed by atoms with Crippen molar-refractivity contribution in [2.24, 2.45) is 11.8 Å². The molecule has 0 bridgehead atoms. The number of esters is 1. The van der Waals surface area contributed by atoms with Crippen LogP contribution < -0.4 is 0 Å². The first kappa shape index (κ1) is 7.13. The number of fused-ring (bicyclic) bond motifs is 2. The molecule has 0 aromatic carbocycles. The van der Waals surface area contributed by atoms with Gasteiger partial charge in [-0.3, -0.25) is 4.79 Å². The summed E-state index contributed by atoms with van der Waals surface area (Å²) in [6.45, 7) is 0. The Morgan fingerprint density at radius 1 is 1.38 bits per heavy atom. The topological polar surface area (TPSA) is 26.3 Å². The molecule has 0 radical (unpaired) electrons. The quantitative estimate of drug-likeness (QED) is 0.525. The van der Waals surface area contributed by atoms with E-state index in [-0.39, 0.29) is 5.97 Å². The molecule has 1 aliphatic heterocycles. The van der Waals surface area contributed by atoms with Crippen molar-refractivity contribution in [2.45, 2.75) is 12.8 Å². The monoisotopic (exact) mass is 174 g/mol. The minimum absolute atomic E-state index is 0.0612. The third-order valence-corrected chi connectivity index (χ3v) is 2.96. The molecule has 3 aliphatic rings. The summed E-state index contributed by atoms with van der Waals surface area (Å²) in [5, 5.41) is 0. The van der Waals surface area contributed by atoms with Gasteiger partial charge in [0.15, 0.2) is 0 Å². The van der Waals surface area contributed by atoms with Crippen LogP contribution in [0.3, 0.4) is 0 Å². The summed E-state index contributed by atoms with van der Waals surface area (Å²) >= 11 is 0. The van der Waals surface area contributed by atoms with E-state index >= 15 is 0 Å². The van der Waals surface area contributed by atoms with Gasteiger partial charge in [0.2, 0.25) is 0 Å². The van der Waals surface area contributed by atoms with Gasteiger partial charge in [0.1, 0.15) is 5.76 Å². The molecule has 1 unspecified atom stereocenters. The highest BCUT2D eigenvalue weighted by atomic mass is 16.5. The van der Waals surface area contributed by atoms with Crippen LogP contribution in [0.15, 0.2) is 35.6 Å². The van der Waals surface area contributed by atoms with Crippen LogP contribution in [0, 0.1) is 11.8 Å². The molecule has 2 aliphatic carbocycles. The van der Waals surface area contributed by atoms with E-state index in [1.54, 1.807) is 0 Å². The molecular formula is C11H10O2. The molecule has 1 saturated heterocycles. The Hall–Kier alpha value is -1.31. The molecule has 1 fully saturated rings. The van der Waals surface area contributed by atoms with Crippen LogP contribution in [0.25, 0.3) is 0 Å². The zero-order valence-corrected chi connectivity index (χ0v) is 7.19. The minimum atomic E-state index is -0.0612. The predicted octanol–water partition coefficient (Wildman–Crippen LogP) is 1.95. The number of hydrogen-bond donors (Lipinski definition) is 0. The minimum Gasteiger partial charge on any atom is -0.430 e. The van der Waals surface area contributed by atoms with Crippen LogP contribution in [0.1, 0.15) is 12.8 Å². The fourth-order valence-electron chi connectivity index (χ4n) is 2.39. The Labute approximate surface area is 76.6 Å². The van der Waals surface area contributed by atoms with E-state index in [1.807, 2.05) is 6.08 Å². The third kappa shape index (κ3) is 0.916. The third-order valence-electron chi connectivity index (χ3n) is 2.96. The second-order valence-corrected chi connectivity index (χ2v) is 3.78. The molecule has 2 atom stereocenters. The molecule has 0 aromatic rings. The Morgan fingerprint density at radius 2 is 2.31 bits per heavy atom. The van der Waals surface area contributed by atoms with E-state index in [9.17, 15) is 4.79 Å². The molecule has 2 heteroatoms. The van der Waals surface area contributed by atoms with Crippen molar-refractivity contribution in [2.75, 3.05) is 0 Å². The highest BCUT2D eigenvalue weighted by Crippen LogP contribution is 2.45. The van der Waals surface area contributed by atoms with Gasteiger partial charge in [0, 0.05) is 11.8 Å². The lowest BCUT2D eigenvalue weighted by atomic mass is 9.95. The summed E-state index contributed by atoms with van der Waals surface area (Å²) in [5.41, 5.74) is 1.22. The first-order valence-electron chi connectivity index (χ1n) is 4.64. The van der Waals surface area contributed by atoms with Crippen molar-refractivity contribution in [1.29, 1.82) is 0 Å². The maximum atomic E-state index is 11.0. The lowest BCUT2D eigenvalue weighted by molar-refractivity contribution is -0.135. The average molecular weight is 174 g/mol. The standard InChI is InChI=1S/C11H10O2/c12-10-6-8-5-7-3-1-2-4-9(7)11(8)13-10/h1-4,7-8H,5-6H2/t7?,8-/m0/s1. The Bertz CT molecular complexity index is 360. The van der Waals surface area contributed by atoms with Crippen LogP contribution in [0.5, 0.6) is 0 Å². The number of hydrogen-bond acceptors (Lipinski definition) is 2. The lowest BCUT2D eigenvalue weighted by Gasteiger charge is -2.10. The summed E-state index contributed by atoms with van der Waals surface area (Å²) in [4.78, 5) is 11.0. The van der Waals surface area contributed by atoms with E-state index in [4.69, 9.17) is 4.74 Å². The highest BCUT2D eigenvalue weighted by Gasteiger charge is 2.40. The van der Waals surface area contributed by atoms with Gasteiger partial charge in [-0.05, 0) is 12.0 Å². The smallest absolute Gasteiger partial charge is 0.311 e. The van der Waals surface area contributed by atoms with Crippen LogP contribution >= 0.6 is 0 Å². The molecule has 66 valence electrons. The van der Waals surface area contributed by atoms with Crippen molar-refractivity contribution in [3.63, 3.8) is 0 Å². The van der Waals surface area contributed by atoms with Gasteiger partial charge in [-0.2, -0.15) is 0 Å².